The van der Waals surface area contributed by atoms with Crippen molar-refractivity contribution in [3.8, 4) is 10.7 Å². The average molecular weight is 368 g/mol. The Morgan fingerprint density at radius 1 is 0.962 bits per heavy atom. The molecule has 0 unspecified atom stereocenters. The van der Waals surface area contributed by atoms with Crippen LogP contribution in [0.25, 0.3) is 10.7 Å². The molecule has 2 amide bonds. The fourth-order valence-corrected chi connectivity index (χ4v) is 3.46. The molecular weight excluding hydrogens is 352 g/mol. The number of carbonyl (C=O) groups is 2. The zero-order valence-corrected chi connectivity index (χ0v) is 14.7. The molecule has 1 saturated heterocycles. The molecule has 0 N–H and O–H groups in total. The van der Waals surface area contributed by atoms with Gasteiger partial charge in [0.15, 0.2) is 0 Å². The van der Waals surface area contributed by atoms with Crippen molar-refractivity contribution in [2.75, 3.05) is 13.1 Å². The minimum absolute atomic E-state index is 0.141. The van der Waals surface area contributed by atoms with Crippen molar-refractivity contribution >= 4 is 23.2 Å². The van der Waals surface area contributed by atoms with Crippen LogP contribution >= 0.6 is 11.3 Å². The Morgan fingerprint density at radius 2 is 1.69 bits per heavy atom. The van der Waals surface area contributed by atoms with Crippen LogP contribution in [0.3, 0.4) is 0 Å². The van der Waals surface area contributed by atoms with Gasteiger partial charge in [-0.15, -0.1) is 11.3 Å². The molecular formula is C18H16N4O3S. The fraction of sp³-hybridized carbons (Fsp3) is 0.222. The lowest BCUT2D eigenvalue weighted by molar-refractivity contribution is -0.157. The van der Waals surface area contributed by atoms with Crippen LogP contribution in [0.15, 0.2) is 52.4 Å². The van der Waals surface area contributed by atoms with Gasteiger partial charge >= 0.3 is 11.8 Å². The van der Waals surface area contributed by atoms with Crippen LogP contribution < -0.4 is 0 Å². The maximum atomic E-state index is 12.4. The van der Waals surface area contributed by atoms with Crippen molar-refractivity contribution in [2.24, 2.45) is 0 Å². The van der Waals surface area contributed by atoms with Gasteiger partial charge in [-0.2, -0.15) is 4.98 Å². The Labute approximate surface area is 153 Å². The predicted molar refractivity (Wildman–Crippen MR) is 94.9 cm³/mol. The minimum atomic E-state index is -0.539. The van der Waals surface area contributed by atoms with E-state index in [4.69, 9.17) is 4.52 Å². The summed E-state index contributed by atoms with van der Waals surface area (Å²) < 4.78 is 5.22. The van der Waals surface area contributed by atoms with E-state index in [2.05, 4.69) is 10.1 Å². The van der Waals surface area contributed by atoms with Gasteiger partial charge in [0.25, 0.3) is 0 Å². The summed E-state index contributed by atoms with van der Waals surface area (Å²) >= 11 is 1.51. The second-order valence-corrected chi connectivity index (χ2v) is 6.88. The largest absolute Gasteiger partial charge is 0.337 e. The molecule has 1 fully saturated rings. The number of hydrogen-bond acceptors (Lipinski definition) is 6. The number of amides is 2. The van der Waals surface area contributed by atoms with E-state index in [1.165, 1.54) is 16.2 Å². The highest BCUT2D eigenvalue weighted by Gasteiger charge is 2.33. The SMILES string of the molecule is O=C1C(=O)N(Cc2nc(-c3cccs3)no2)CCN1Cc1ccccc1. The standard InChI is InChI=1S/C18H16N4O3S/c23-17-18(24)22(9-8-21(17)11-13-5-2-1-3-6-13)12-15-19-16(20-25-15)14-7-4-10-26-14/h1-7,10H,8-9,11-12H2. The van der Waals surface area contributed by atoms with Gasteiger partial charge < -0.3 is 14.3 Å². The summed E-state index contributed by atoms with van der Waals surface area (Å²) in [6.45, 7) is 1.49. The molecule has 0 aliphatic carbocycles. The first-order chi connectivity index (χ1) is 12.7. The normalized spacial score (nSPS) is 14.9. The minimum Gasteiger partial charge on any atom is -0.337 e. The number of rotatable bonds is 5. The monoisotopic (exact) mass is 368 g/mol. The highest BCUT2D eigenvalue weighted by molar-refractivity contribution is 7.13. The van der Waals surface area contributed by atoms with Crippen LogP contribution in [0.1, 0.15) is 11.5 Å². The Hall–Kier alpha value is -3.00. The molecule has 132 valence electrons. The fourth-order valence-electron chi connectivity index (χ4n) is 2.81. The lowest BCUT2D eigenvalue weighted by atomic mass is 10.2. The lowest BCUT2D eigenvalue weighted by Crippen LogP contribution is -2.53. The quantitative estimate of drug-likeness (QED) is 0.645. The third-order valence-electron chi connectivity index (χ3n) is 4.15. The Balaban J connectivity index is 1.40. The van der Waals surface area contributed by atoms with Gasteiger partial charge in [-0.25, -0.2) is 0 Å². The summed E-state index contributed by atoms with van der Waals surface area (Å²) in [6, 6.07) is 13.4. The van der Waals surface area contributed by atoms with E-state index in [1.807, 2.05) is 47.8 Å². The summed E-state index contributed by atoms with van der Waals surface area (Å²) in [4.78, 5) is 33.0. The molecule has 0 saturated carbocycles. The first kappa shape index (κ1) is 16.5. The van der Waals surface area contributed by atoms with Gasteiger partial charge in [0.1, 0.15) is 6.54 Å². The molecule has 26 heavy (non-hydrogen) atoms. The molecule has 0 atom stereocenters. The summed E-state index contributed by atoms with van der Waals surface area (Å²) in [5, 5.41) is 5.86. The number of piperazine rings is 1. The van der Waals surface area contributed by atoms with Gasteiger partial charge in [-0.1, -0.05) is 41.6 Å². The second kappa shape index (κ2) is 7.09. The summed E-state index contributed by atoms with van der Waals surface area (Å²) in [5.41, 5.74) is 1.000. The topological polar surface area (TPSA) is 79.5 Å². The van der Waals surface area contributed by atoms with Crippen molar-refractivity contribution < 1.29 is 14.1 Å². The van der Waals surface area contributed by atoms with E-state index < -0.39 is 11.8 Å². The van der Waals surface area contributed by atoms with Crippen molar-refractivity contribution in [1.29, 1.82) is 0 Å². The average Bonchev–Trinajstić information content (AvgIpc) is 3.34. The van der Waals surface area contributed by atoms with Crippen molar-refractivity contribution in [3.05, 3.63) is 59.3 Å². The van der Waals surface area contributed by atoms with Gasteiger partial charge in [-0.05, 0) is 17.0 Å². The first-order valence-electron chi connectivity index (χ1n) is 8.19. The number of hydrogen-bond donors (Lipinski definition) is 0. The van der Waals surface area contributed by atoms with E-state index >= 15 is 0 Å². The van der Waals surface area contributed by atoms with Crippen molar-refractivity contribution in [3.63, 3.8) is 0 Å². The second-order valence-electron chi connectivity index (χ2n) is 5.93. The highest BCUT2D eigenvalue weighted by Crippen LogP contribution is 2.22. The third-order valence-corrected chi connectivity index (χ3v) is 5.02. The summed E-state index contributed by atoms with van der Waals surface area (Å²) in [5.74, 6) is -0.219. The summed E-state index contributed by atoms with van der Waals surface area (Å²) in [7, 11) is 0. The van der Waals surface area contributed by atoms with Gasteiger partial charge in [0.2, 0.25) is 11.7 Å². The zero-order valence-electron chi connectivity index (χ0n) is 13.9. The Kier molecular flexibility index (Phi) is 4.49. The van der Waals surface area contributed by atoms with E-state index in [9.17, 15) is 9.59 Å². The smallest absolute Gasteiger partial charge is 0.312 e. The van der Waals surface area contributed by atoms with Crippen LogP contribution in [-0.2, 0) is 22.7 Å². The molecule has 4 rings (SSSR count). The number of aromatic nitrogens is 2. The van der Waals surface area contributed by atoms with E-state index in [0.29, 0.717) is 31.3 Å². The Bertz CT molecular complexity index is 908. The number of carbonyl (C=O) groups excluding carboxylic acids is 2. The molecule has 7 nitrogen and oxygen atoms in total. The highest BCUT2D eigenvalue weighted by atomic mass is 32.1. The van der Waals surface area contributed by atoms with Crippen LogP contribution in [0.2, 0.25) is 0 Å². The van der Waals surface area contributed by atoms with Gasteiger partial charge in [-0.3, -0.25) is 9.59 Å². The van der Waals surface area contributed by atoms with Crippen LogP contribution in [-0.4, -0.2) is 44.8 Å². The zero-order chi connectivity index (χ0) is 17.9. The van der Waals surface area contributed by atoms with E-state index in [1.54, 1.807) is 4.90 Å². The van der Waals surface area contributed by atoms with Crippen LogP contribution in [0.4, 0.5) is 0 Å². The maximum absolute atomic E-state index is 12.4. The molecule has 3 aromatic rings. The van der Waals surface area contributed by atoms with Crippen LogP contribution in [0, 0.1) is 0 Å². The molecule has 1 aliphatic rings. The molecule has 2 aromatic heterocycles. The van der Waals surface area contributed by atoms with Crippen LogP contribution in [0.5, 0.6) is 0 Å². The number of benzene rings is 1. The van der Waals surface area contributed by atoms with Crippen molar-refractivity contribution in [1.82, 2.24) is 19.9 Å². The first-order valence-corrected chi connectivity index (χ1v) is 9.07. The van der Waals surface area contributed by atoms with E-state index in [-0.39, 0.29) is 6.54 Å². The lowest BCUT2D eigenvalue weighted by Gasteiger charge is -2.33. The predicted octanol–water partition coefficient (Wildman–Crippen LogP) is 2.17. The summed E-state index contributed by atoms with van der Waals surface area (Å²) in [6.07, 6.45) is 0. The van der Waals surface area contributed by atoms with Gasteiger partial charge in [0.05, 0.1) is 4.88 Å². The number of thiophene rings is 1. The number of nitrogens with zero attached hydrogens (tertiary/aromatic N) is 4. The molecule has 0 radical (unpaired) electrons. The molecule has 1 aliphatic heterocycles. The molecule has 0 spiro atoms. The molecule has 3 heterocycles. The Morgan fingerprint density at radius 3 is 2.38 bits per heavy atom. The third kappa shape index (κ3) is 3.36. The maximum Gasteiger partial charge on any atom is 0.312 e. The van der Waals surface area contributed by atoms with E-state index in [0.717, 1.165) is 10.4 Å². The molecule has 8 heteroatoms. The molecule has 0 bridgehead atoms. The van der Waals surface area contributed by atoms with Gasteiger partial charge in [0, 0.05) is 19.6 Å². The molecule has 1 aromatic carbocycles. The van der Waals surface area contributed by atoms with Crippen molar-refractivity contribution in [2.45, 2.75) is 13.1 Å².